The van der Waals surface area contributed by atoms with Gasteiger partial charge in [0.25, 0.3) is 0 Å². The van der Waals surface area contributed by atoms with Gasteiger partial charge in [0.1, 0.15) is 0 Å². The lowest BCUT2D eigenvalue weighted by Gasteiger charge is -2.27. The third-order valence-corrected chi connectivity index (χ3v) is 4.41. The summed E-state index contributed by atoms with van der Waals surface area (Å²) in [5, 5.41) is 16.8. The van der Waals surface area contributed by atoms with Crippen LogP contribution < -0.4 is 5.32 Å². The summed E-state index contributed by atoms with van der Waals surface area (Å²) >= 11 is 0. The van der Waals surface area contributed by atoms with Crippen molar-refractivity contribution < 1.29 is 0 Å². The monoisotopic (exact) mass is 345 g/mol. The van der Waals surface area contributed by atoms with E-state index in [0.717, 1.165) is 31.9 Å². The molecule has 1 aromatic carbocycles. The lowest BCUT2D eigenvalue weighted by Crippen LogP contribution is -2.33. The van der Waals surface area contributed by atoms with Crippen LogP contribution in [0, 0.1) is 11.3 Å². The molecule has 1 aliphatic heterocycles. The van der Waals surface area contributed by atoms with E-state index >= 15 is 0 Å². The summed E-state index contributed by atoms with van der Waals surface area (Å²) in [6, 6.07) is 13.9. The number of fused-ring (bicyclic) bond motifs is 1. The predicted octanol–water partition coefficient (Wildman–Crippen LogP) is 2.17. The average Bonchev–Trinajstić information content (AvgIpc) is 3.10. The van der Waals surface area contributed by atoms with E-state index in [0.29, 0.717) is 18.1 Å². The summed E-state index contributed by atoms with van der Waals surface area (Å²) < 4.78 is 2.08. The first kappa shape index (κ1) is 16.2. The molecule has 3 aromatic rings. The summed E-state index contributed by atoms with van der Waals surface area (Å²) in [6.07, 6.45) is 3.43. The highest BCUT2D eigenvalue weighted by atomic mass is 15.3. The fourth-order valence-corrected chi connectivity index (χ4v) is 3.10. The molecule has 0 unspecified atom stereocenters. The van der Waals surface area contributed by atoms with Crippen molar-refractivity contribution in [3.05, 3.63) is 71.3 Å². The van der Waals surface area contributed by atoms with Crippen LogP contribution >= 0.6 is 0 Å². The normalized spacial score (nSPS) is 13.8. The molecule has 26 heavy (non-hydrogen) atoms. The van der Waals surface area contributed by atoms with Crippen molar-refractivity contribution in [3.8, 4) is 6.07 Å². The van der Waals surface area contributed by atoms with E-state index in [1.54, 1.807) is 18.5 Å². The Morgan fingerprint density at radius 1 is 1.12 bits per heavy atom. The molecule has 4 rings (SSSR count). The second kappa shape index (κ2) is 7.33. The van der Waals surface area contributed by atoms with Gasteiger partial charge in [0.2, 0.25) is 5.95 Å². The Hall–Kier alpha value is -3.24. The minimum atomic E-state index is 0.611. The molecule has 0 saturated carbocycles. The van der Waals surface area contributed by atoms with Gasteiger partial charge in [-0.1, -0.05) is 12.1 Å². The van der Waals surface area contributed by atoms with Crippen LogP contribution in [-0.2, 0) is 26.2 Å². The topological polar surface area (TPSA) is 82.7 Å². The van der Waals surface area contributed by atoms with Gasteiger partial charge in [-0.2, -0.15) is 10.4 Å². The molecular weight excluding hydrogens is 326 g/mol. The molecule has 0 radical (unpaired) electrons. The standard InChI is InChI=1S/C19H19N7/c20-11-15-2-4-16(5-3-15)13-25-8-9-26-18(14-25)10-17(24-26)12-23-19-21-6-1-7-22-19/h1-7,10H,8-9,12-14H2,(H,21,22,23). The maximum atomic E-state index is 8.89. The first-order chi connectivity index (χ1) is 12.8. The second-order valence-corrected chi connectivity index (χ2v) is 6.30. The Balaban J connectivity index is 1.37. The minimum Gasteiger partial charge on any atom is -0.348 e. The molecule has 0 aliphatic carbocycles. The molecular formula is C19H19N7. The number of hydrogen-bond acceptors (Lipinski definition) is 6. The van der Waals surface area contributed by atoms with Crippen LogP contribution in [0.15, 0.2) is 48.8 Å². The summed E-state index contributed by atoms with van der Waals surface area (Å²) in [5.74, 6) is 0.612. The van der Waals surface area contributed by atoms with Crippen LogP contribution in [0.25, 0.3) is 0 Å². The summed E-state index contributed by atoms with van der Waals surface area (Å²) in [4.78, 5) is 10.7. The molecule has 2 aromatic heterocycles. The average molecular weight is 345 g/mol. The fourth-order valence-electron chi connectivity index (χ4n) is 3.10. The molecule has 130 valence electrons. The number of nitriles is 1. The lowest BCUT2D eigenvalue weighted by atomic mass is 10.1. The summed E-state index contributed by atoms with van der Waals surface area (Å²) in [7, 11) is 0. The fraction of sp³-hybridized carbons (Fsp3) is 0.263. The lowest BCUT2D eigenvalue weighted by molar-refractivity contribution is 0.205. The van der Waals surface area contributed by atoms with Crippen molar-refractivity contribution in [2.24, 2.45) is 0 Å². The van der Waals surface area contributed by atoms with Crippen molar-refractivity contribution in [1.82, 2.24) is 24.6 Å². The van der Waals surface area contributed by atoms with Crippen molar-refractivity contribution in [3.63, 3.8) is 0 Å². The van der Waals surface area contributed by atoms with Crippen molar-refractivity contribution in [1.29, 1.82) is 5.26 Å². The second-order valence-electron chi connectivity index (χ2n) is 6.30. The molecule has 0 atom stereocenters. The largest absolute Gasteiger partial charge is 0.348 e. The molecule has 3 heterocycles. The van der Waals surface area contributed by atoms with E-state index in [9.17, 15) is 0 Å². The molecule has 7 heteroatoms. The number of aromatic nitrogens is 4. The molecule has 1 N–H and O–H groups in total. The summed E-state index contributed by atoms with van der Waals surface area (Å²) in [6.45, 7) is 4.20. The van der Waals surface area contributed by atoms with Crippen LogP contribution in [0.2, 0.25) is 0 Å². The van der Waals surface area contributed by atoms with Crippen LogP contribution in [0.3, 0.4) is 0 Å². The Bertz CT molecular complexity index is 909. The van der Waals surface area contributed by atoms with E-state index < -0.39 is 0 Å². The third kappa shape index (κ3) is 3.71. The quantitative estimate of drug-likeness (QED) is 0.763. The zero-order valence-electron chi connectivity index (χ0n) is 14.3. The third-order valence-electron chi connectivity index (χ3n) is 4.41. The van der Waals surface area contributed by atoms with Gasteiger partial charge in [0.05, 0.1) is 36.1 Å². The van der Waals surface area contributed by atoms with E-state index in [4.69, 9.17) is 5.26 Å². The molecule has 0 bridgehead atoms. The van der Waals surface area contributed by atoms with Crippen molar-refractivity contribution in [2.45, 2.75) is 26.2 Å². The molecule has 0 spiro atoms. The van der Waals surface area contributed by atoms with Gasteiger partial charge in [0.15, 0.2) is 0 Å². The van der Waals surface area contributed by atoms with E-state index in [1.807, 2.05) is 24.3 Å². The molecule has 0 amide bonds. The van der Waals surface area contributed by atoms with Gasteiger partial charge in [-0.05, 0) is 29.8 Å². The number of nitrogens with one attached hydrogen (secondary N) is 1. The highest BCUT2D eigenvalue weighted by Gasteiger charge is 2.18. The Kier molecular flexibility index (Phi) is 4.58. The minimum absolute atomic E-state index is 0.611. The van der Waals surface area contributed by atoms with E-state index in [2.05, 4.69) is 42.1 Å². The molecule has 0 saturated heterocycles. The van der Waals surface area contributed by atoms with Gasteiger partial charge in [-0.15, -0.1) is 0 Å². The highest BCUT2D eigenvalue weighted by Crippen LogP contribution is 2.17. The maximum absolute atomic E-state index is 8.89. The number of benzene rings is 1. The van der Waals surface area contributed by atoms with Gasteiger partial charge in [-0.25, -0.2) is 9.97 Å². The smallest absolute Gasteiger partial charge is 0.222 e. The van der Waals surface area contributed by atoms with Crippen molar-refractivity contribution in [2.75, 3.05) is 11.9 Å². The number of rotatable bonds is 5. The van der Waals surface area contributed by atoms with Gasteiger partial charge >= 0.3 is 0 Å². The van der Waals surface area contributed by atoms with Gasteiger partial charge < -0.3 is 5.32 Å². The SMILES string of the molecule is N#Cc1ccc(CN2CCn3nc(CNc4ncccn4)cc3C2)cc1. The zero-order valence-corrected chi connectivity index (χ0v) is 14.3. The van der Waals surface area contributed by atoms with Gasteiger partial charge in [-0.3, -0.25) is 9.58 Å². The molecule has 7 nitrogen and oxygen atoms in total. The first-order valence-corrected chi connectivity index (χ1v) is 8.58. The Morgan fingerprint density at radius 2 is 1.92 bits per heavy atom. The van der Waals surface area contributed by atoms with E-state index in [1.165, 1.54) is 11.3 Å². The van der Waals surface area contributed by atoms with Crippen LogP contribution in [0.4, 0.5) is 5.95 Å². The predicted molar refractivity (Wildman–Crippen MR) is 96.9 cm³/mol. The Morgan fingerprint density at radius 3 is 2.69 bits per heavy atom. The van der Waals surface area contributed by atoms with Crippen LogP contribution in [0.5, 0.6) is 0 Å². The number of anilines is 1. The van der Waals surface area contributed by atoms with Gasteiger partial charge in [0, 0.05) is 32.0 Å². The number of hydrogen-bond donors (Lipinski definition) is 1. The zero-order chi connectivity index (χ0) is 17.8. The molecule has 1 aliphatic rings. The number of nitrogens with zero attached hydrogens (tertiary/aromatic N) is 6. The molecule has 0 fully saturated rings. The van der Waals surface area contributed by atoms with Crippen LogP contribution in [-0.4, -0.2) is 31.2 Å². The summed E-state index contributed by atoms with van der Waals surface area (Å²) in [5.41, 5.74) is 4.13. The Labute approximate surface area is 151 Å². The van der Waals surface area contributed by atoms with E-state index in [-0.39, 0.29) is 0 Å². The maximum Gasteiger partial charge on any atom is 0.222 e. The highest BCUT2D eigenvalue weighted by molar-refractivity contribution is 5.31. The first-order valence-electron chi connectivity index (χ1n) is 8.58. The van der Waals surface area contributed by atoms with Crippen molar-refractivity contribution >= 4 is 5.95 Å². The van der Waals surface area contributed by atoms with Crippen LogP contribution in [0.1, 0.15) is 22.5 Å².